The van der Waals surface area contributed by atoms with Crippen LogP contribution in [0.2, 0.25) is 0 Å². The highest BCUT2D eigenvalue weighted by Gasteiger charge is 2.19. The number of rotatable bonds is 5. The van der Waals surface area contributed by atoms with E-state index in [1.54, 1.807) is 6.07 Å². The van der Waals surface area contributed by atoms with Crippen LogP contribution in [0.25, 0.3) is 0 Å². The maximum absolute atomic E-state index is 12.1. The van der Waals surface area contributed by atoms with Crippen molar-refractivity contribution in [1.82, 2.24) is 20.2 Å². The van der Waals surface area contributed by atoms with Crippen LogP contribution in [0, 0.1) is 0 Å². The molecule has 6 nitrogen and oxygen atoms in total. The Kier molecular flexibility index (Phi) is 5.60. The Morgan fingerprint density at radius 1 is 1.12 bits per heavy atom. The SMILES string of the molecule is CC(C)NC(=O)c1cc(N2CCN(Cc3ccccc3)CC2)ncn1. The van der Waals surface area contributed by atoms with Gasteiger partial charge in [-0.2, -0.15) is 0 Å². The number of hydrogen-bond donors (Lipinski definition) is 1. The maximum atomic E-state index is 12.1. The van der Waals surface area contributed by atoms with Crippen molar-refractivity contribution in [2.45, 2.75) is 26.4 Å². The van der Waals surface area contributed by atoms with E-state index in [0.29, 0.717) is 5.69 Å². The molecule has 1 aliphatic rings. The molecule has 0 atom stereocenters. The number of carbonyl (C=O) groups excluding carboxylic acids is 1. The van der Waals surface area contributed by atoms with Gasteiger partial charge in [-0.15, -0.1) is 0 Å². The molecule has 2 heterocycles. The van der Waals surface area contributed by atoms with Gasteiger partial charge in [0.15, 0.2) is 0 Å². The first-order chi connectivity index (χ1) is 12.1. The number of benzene rings is 1. The van der Waals surface area contributed by atoms with Crippen LogP contribution in [0.1, 0.15) is 29.9 Å². The topological polar surface area (TPSA) is 61.4 Å². The number of nitrogens with one attached hydrogen (secondary N) is 1. The molecule has 1 fully saturated rings. The lowest BCUT2D eigenvalue weighted by atomic mass is 10.2. The van der Waals surface area contributed by atoms with Crippen LogP contribution >= 0.6 is 0 Å². The van der Waals surface area contributed by atoms with Gasteiger partial charge >= 0.3 is 0 Å². The van der Waals surface area contributed by atoms with Crippen LogP contribution in [0.5, 0.6) is 0 Å². The summed E-state index contributed by atoms with van der Waals surface area (Å²) < 4.78 is 0. The summed E-state index contributed by atoms with van der Waals surface area (Å²) >= 11 is 0. The number of carbonyl (C=O) groups is 1. The highest BCUT2D eigenvalue weighted by atomic mass is 16.1. The molecule has 3 rings (SSSR count). The first kappa shape index (κ1) is 17.4. The van der Waals surface area contributed by atoms with Gasteiger partial charge in [0.1, 0.15) is 17.8 Å². The Hall–Kier alpha value is -2.47. The summed E-state index contributed by atoms with van der Waals surface area (Å²) in [5.41, 5.74) is 1.76. The van der Waals surface area contributed by atoms with Crippen molar-refractivity contribution in [3.05, 3.63) is 54.0 Å². The van der Waals surface area contributed by atoms with E-state index in [1.165, 1.54) is 11.9 Å². The minimum Gasteiger partial charge on any atom is -0.354 e. The van der Waals surface area contributed by atoms with Gasteiger partial charge in [-0.3, -0.25) is 9.69 Å². The van der Waals surface area contributed by atoms with Gasteiger partial charge in [-0.1, -0.05) is 30.3 Å². The van der Waals surface area contributed by atoms with Crippen molar-refractivity contribution < 1.29 is 4.79 Å². The Morgan fingerprint density at radius 3 is 2.52 bits per heavy atom. The van der Waals surface area contributed by atoms with E-state index >= 15 is 0 Å². The number of aromatic nitrogens is 2. The molecule has 132 valence electrons. The van der Waals surface area contributed by atoms with Crippen molar-refractivity contribution in [2.24, 2.45) is 0 Å². The average molecular weight is 339 g/mol. The smallest absolute Gasteiger partial charge is 0.270 e. The molecule has 2 aromatic rings. The lowest BCUT2D eigenvalue weighted by Crippen LogP contribution is -2.46. The molecule has 0 spiro atoms. The van der Waals surface area contributed by atoms with E-state index in [2.05, 4.69) is 49.4 Å². The third kappa shape index (κ3) is 4.76. The van der Waals surface area contributed by atoms with Gasteiger partial charge in [0.25, 0.3) is 5.91 Å². The Labute approximate surface area is 148 Å². The normalized spacial score (nSPS) is 15.4. The minimum absolute atomic E-state index is 0.0902. The third-order valence-electron chi connectivity index (χ3n) is 4.25. The maximum Gasteiger partial charge on any atom is 0.270 e. The van der Waals surface area contributed by atoms with Crippen molar-refractivity contribution in [1.29, 1.82) is 0 Å². The third-order valence-corrected chi connectivity index (χ3v) is 4.25. The predicted molar refractivity (Wildman–Crippen MR) is 98.6 cm³/mol. The summed E-state index contributed by atoms with van der Waals surface area (Å²) in [7, 11) is 0. The van der Waals surface area contributed by atoms with Crippen LogP contribution in [0.15, 0.2) is 42.7 Å². The second kappa shape index (κ2) is 8.07. The van der Waals surface area contributed by atoms with E-state index < -0.39 is 0 Å². The molecular formula is C19H25N5O. The van der Waals surface area contributed by atoms with E-state index in [4.69, 9.17) is 0 Å². The molecule has 0 unspecified atom stereocenters. The van der Waals surface area contributed by atoms with Gasteiger partial charge < -0.3 is 10.2 Å². The highest BCUT2D eigenvalue weighted by molar-refractivity contribution is 5.93. The molecule has 1 saturated heterocycles. The molecule has 1 amide bonds. The largest absolute Gasteiger partial charge is 0.354 e. The lowest BCUT2D eigenvalue weighted by Gasteiger charge is -2.35. The van der Waals surface area contributed by atoms with Gasteiger partial charge in [-0.05, 0) is 19.4 Å². The number of piperazine rings is 1. The van der Waals surface area contributed by atoms with Gasteiger partial charge in [0.2, 0.25) is 0 Å². The average Bonchev–Trinajstić information content (AvgIpc) is 2.63. The molecule has 1 aliphatic heterocycles. The zero-order valence-electron chi connectivity index (χ0n) is 14.9. The monoisotopic (exact) mass is 339 g/mol. The van der Waals surface area contributed by atoms with Gasteiger partial charge in [0, 0.05) is 44.8 Å². The zero-order valence-corrected chi connectivity index (χ0v) is 14.9. The molecule has 6 heteroatoms. The fraction of sp³-hybridized carbons (Fsp3) is 0.421. The first-order valence-corrected chi connectivity index (χ1v) is 8.76. The van der Waals surface area contributed by atoms with Crippen LogP contribution in [-0.4, -0.2) is 53.0 Å². The van der Waals surface area contributed by atoms with Crippen molar-refractivity contribution in [2.75, 3.05) is 31.1 Å². The number of hydrogen-bond acceptors (Lipinski definition) is 5. The van der Waals surface area contributed by atoms with E-state index in [1.807, 2.05) is 19.9 Å². The second-order valence-electron chi connectivity index (χ2n) is 6.64. The van der Waals surface area contributed by atoms with Crippen LogP contribution in [0.3, 0.4) is 0 Å². The second-order valence-corrected chi connectivity index (χ2v) is 6.64. The van der Waals surface area contributed by atoms with Gasteiger partial charge in [0.05, 0.1) is 0 Å². The highest BCUT2D eigenvalue weighted by Crippen LogP contribution is 2.15. The predicted octanol–water partition coefficient (Wildman–Crippen LogP) is 1.94. The van der Waals surface area contributed by atoms with Crippen molar-refractivity contribution >= 4 is 11.7 Å². The van der Waals surface area contributed by atoms with Crippen LogP contribution < -0.4 is 10.2 Å². The quantitative estimate of drug-likeness (QED) is 0.902. The van der Waals surface area contributed by atoms with Crippen LogP contribution in [0.4, 0.5) is 5.82 Å². The fourth-order valence-corrected chi connectivity index (χ4v) is 2.96. The molecule has 1 aromatic heterocycles. The van der Waals surface area contributed by atoms with E-state index in [-0.39, 0.29) is 11.9 Å². The molecule has 0 aliphatic carbocycles. The molecular weight excluding hydrogens is 314 g/mol. The van der Waals surface area contributed by atoms with Crippen molar-refractivity contribution in [3.8, 4) is 0 Å². The Balaban J connectivity index is 1.58. The molecule has 1 N–H and O–H groups in total. The Morgan fingerprint density at radius 2 is 1.84 bits per heavy atom. The van der Waals surface area contributed by atoms with E-state index in [0.717, 1.165) is 38.5 Å². The number of anilines is 1. The summed E-state index contributed by atoms with van der Waals surface area (Å²) in [6.07, 6.45) is 1.47. The molecule has 0 bridgehead atoms. The molecule has 0 saturated carbocycles. The number of amides is 1. The fourth-order valence-electron chi connectivity index (χ4n) is 2.96. The van der Waals surface area contributed by atoms with Crippen molar-refractivity contribution in [3.63, 3.8) is 0 Å². The summed E-state index contributed by atoms with van der Waals surface area (Å²) in [4.78, 5) is 25.2. The van der Waals surface area contributed by atoms with Gasteiger partial charge in [-0.25, -0.2) is 9.97 Å². The minimum atomic E-state index is -0.152. The summed E-state index contributed by atoms with van der Waals surface area (Å²) in [5.74, 6) is 0.671. The summed E-state index contributed by atoms with van der Waals surface area (Å²) in [6.45, 7) is 8.60. The van der Waals surface area contributed by atoms with E-state index in [9.17, 15) is 4.79 Å². The molecule has 25 heavy (non-hydrogen) atoms. The standard InChI is InChI=1S/C19H25N5O/c1-15(2)22-19(25)17-12-18(21-14-20-17)24-10-8-23(9-11-24)13-16-6-4-3-5-7-16/h3-7,12,14-15H,8-11,13H2,1-2H3,(H,22,25). The lowest BCUT2D eigenvalue weighted by molar-refractivity contribution is 0.0938. The summed E-state index contributed by atoms with van der Waals surface area (Å²) in [5, 5.41) is 2.87. The first-order valence-electron chi connectivity index (χ1n) is 8.76. The summed E-state index contributed by atoms with van der Waals surface area (Å²) in [6, 6.07) is 12.4. The number of nitrogens with zero attached hydrogens (tertiary/aromatic N) is 4. The van der Waals surface area contributed by atoms with Crippen LogP contribution in [-0.2, 0) is 6.54 Å². The Bertz CT molecular complexity index is 696. The molecule has 1 aromatic carbocycles. The molecule has 0 radical (unpaired) electrons. The zero-order chi connectivity index (χ0) is 17.6.